The number of phenols is 2. The Morgan fingerprint density at radius 2 is 1.06 bits per heavy atom. The Morgan fingerprint density at radius 1 is 0.595 bits per heavy atom. The molecule has 8 rings (SSSR count). The summed E-state index contributed by atoms with van der Waals surface area (Å²) in [6, 6.07) is 31.4. The van der Waals surface area contributed by atoms with Crippen LogP contribution in [0.25, 0.3) is 0 Å². The van der Waals surface area contributed by atoms with E-state index in [9.17, 15) is 34.8 Å². The third-order valence-corrected chi connectivity index (χ3v) is 14.3. The molecule has 16 nitrogen and oxygen atoms in total. The summed E-state index contributed by atoms with van der Waals surface area (Å²) in [6.07, 6.45) is 9.30. The minimum Gasteiger partial charge on any atom is -0.545 e. The quantitative estimate of drug-likeness (QED) is 0.0294. The molecule has 2 heterocycles. The molecule has 6 aromatic carbocycles. The van der Waals surface area contributed by atoms with Gasteiger partial charge < -0.3 is 68.6 Å². The number of hydrogen-bond acceptors (Lipinski definition) is 14. The minimum atomic E-state index is -1.30. The van der Waals surface area contributed by atoms with Crippen LogP contribution in [0.15, 0.2) is 109 Å². The number of para-hydroxylation sites is 2. The zero-order valence-electron chi connectivity index (χ0n) is 50.1. The minimum absolute atomic E-state index is 0. The SMILES string of the molecule is CCCc1c(OCCCOc2cc(O)c(C3CCCN3)cc2CC)cccc1Oc1ccccc1C(=O)O.CCCc1c(OCCCOc2cc(O)c(C3CCCN3C(=O)OC(C)(C)C)cc2CC)cccc1Oc1ccccc1C(=O)[O-].[Li+]. The van der Waals surface area contributed by atoms with Crippen molar-refractivity contribution in [3.05, 3.63) is 154 Å². The number of carbonyl (C=O) groups excluding carboxylic acids is 2. The molecule has 1 amide bonds. The summed E-state index contributed by atoms with van der Waals surface area (Å²) in [6.45, 7) is 17.0. The average molecular weight is 1150 g/mol. The molecule has 0 aliphatic carbocycles. The predicted molar refractivity (Wildman–Crippen MR) is 316 cm³/mol. The van der Waals surface area contributed by atoms with Crippen LogP contribution in [-0.2, 0) is 30.4 Å². The molecule has 0 radical (unpaired) electrons. The number of nitrogens with one attached hydrogen (secondary N) is 1. The largest absolute Gasteiger partial charge is 1.00 e. The molecule has 17 heteroatoms. The maximum Gasteiger partial charge on any atom is 1.00 e. The van der Waals surface area contributed by atoms with Crippen LogP contribution in [0.5, 0.6) is 57.5 Å². The van der Waals surface area contributed by atoms with Gasteiger partial charge in [-0.05, 0) is 150 Å². The first-order valence-electron chi connectivity index (χ1n) is 29.2. The van der Waals surface area contributed by atoms with Crippen LogP contribution in [0, 0.1) is 0 Å². The number of likely N-dealkylation sites (tertiary alicyclic amines) is 1. The molecule has 0 spiro atoms. The van der Waals surface area contributed by atoms with E-state index in [1.54, 1.807) is 59.5 Å². The molecule has 84 heavy (non-hydrogen) atoms. The molecule has 2 fully saturated rings. The maximum absolute atomic E-state index is 12.8. The van der Waals surface area contributed by atoms with Gasteiger partial charge in [-0.25, -0.2) is 9.59 Å². The van der Waals surface area contributed by atoms with E-state index in [-0.39, 0.29) is 65.4 Å². The number of aromatic carboxylic acids is 2. The van der Waals surface area contributed by atoms with Gasteiger partial charge in [0.15, 0.2) is 0 Å². The molecule has 0 saturated carbocycles. The van der Waals surface area contributed by atoms with E-state index >= 15 is 0 Å². The molecular weight excluding hydrogens is 1060 g/mol. The van der Waals surface area contributed by atoms with Crippen LogP contribution in [0.4, 0.5) is 4.79 Å². The van der Waals surface area contributed by atoms with Gasteiger partial charge in [0.2, 0.25) is 0 Å². The van der Waals surface area contributed by atoms with Crippen molar-refractivity contribution in [2.24, 2.45) is 0 Å². The van der Waals surface area contributed by atoms with Gasteiger partial charge in [-0.15, -0.1) is 0 Å². The molecule has 2 saturated heterocycles. The number of rotatable bonds is 26. The number of amides is 1. The van der Waals surface area contributed by atoms with Gasteiger partial charge in [-0.1, -0.05) is 76.9 Å². The molecule has 4 N–H and O–H groups in total. The van der Waals surface area contributed by atoms with Crippen LogP contribution in [-0.4, -0.2) is 83.4 Å². The van der Waals surface area contributed by atoms with Crippen molar-refractivity contribution >= 4 is 18.0 Å². The second-order valence-electron chi connectivity index (χ2n) is 21.6. The number of carboxylic acid groups (broad SMARTS) is 2. The van der Waals surface area contributed by atoms with Crippen LogP contribution >= 0.6 is 0 Å². The number of aryl methyl sites for hydroxylation is 2. The molecule has 6 aromatic rings. The second kappa shape index (κ2) is 32.0. The maximum atomic E-state index is 12.8. The number of carboxylic acids is 2. The van der Waals surface area contributed by atoms with E-state index in [4.69, 9.17) is 33.2 Å². The number of carbonyl (C=O) groups is 3. The first-order chi connectivity index (χ1) is 40.0. The molecule has 2 atom stereocenters. The number of hydrogen-bond donors (Lipinski definition) is 4. The Bertz CT molecular complexity index is 3130. The van der Waals surface area contributed by atoms with Crippen molar-refractivity contribution in [3.8, 4) is 57.5 Å². The Balaban J connectivity index is 0.000000270. The van der Waals surface area contributed by atoms with Gasteiger partial charge in [-0.2, -0.15) is 0 Å². The molecule has 2 unspecified atom stereocenters. The smallest absolute Gasteiger partial charge is 0.545 e. The topological polar surface area (TPSA) is 215 Å². The Kier molecular flexibility index (Phi) is 25.0. The molecule has 444 valence electrons. The number of ether oxygens (including phenoxy) is 7. The van der Waals surface area contributed by atoms with Gasteiger partial charge >= 0.3 is 30.9 Å². The fourth-order valence-corrected chi connectivity index (χ4v) is 10.3. The van der Waals surface area contributed by atoms with Crippen LogP contribution in [0.1, 0.15) is 166 Å². The normalized spacial score (nSPS) is 14.6. The molecule has 0 bridgehead atoms. The Hall–Kier alpha value is -7.51. The third-order valence-electron chi connectivity index (χ3n) is 14.3. The van der Waals surface area contributed by atoms with E-state index in [0.717, 1.165) is 91.5 Å². The number of aromatic hydroxyl groups is 2. The molecule has 2 aliphatic heterocycles. The summed E-state index contributed by atoms with van der Waals surface area (Å²) in [5.74, 6) is 2.39. The Labute approximate surface area is 506 Å². The van der Waals surface area contributed by atoms with Gasteiger partial charge in [0.25, 0.3) is 0 Å². The van der Waals surface area contributed by atoms with Crippen molar-refractivity contribution in [2.75, 3.05) is 39.5 Å². The number of benzene rings is 6. The van der Waals surface area contributed by atoms with Gasteiger partial charge in [-0.3, -0.25) is 0 Å². The summed E-state index contributed by atoms with van der Waals surface area (Å²) in [5, 5.41) is 46.1. The zero-order chi connectivity index (χ0) is 59.5. The van der Waals surface area contributed by atoms with Crippen molar-refractivity contribution in [1.29, 1.82) is 0 Å². The van der Waals surface area contributed by atoms with Gasteiger partial charge in [0.1, 0.15) is 68.7 Å². The monoisotopic (exact) mass is 1140 g/mol. The van der Waals surface area contributed by atoms with E-state index in [2.05, 4.69) is 32.2 Å². The predicted octanol–water partition coefficient (Wildman–Crippen LogP) is 10.7. The van der Waals surface area contributed by atoms with Crippen LogP contribution in [0.2, 0.25) is 0 Å². The number of phenolic OH excluding ortho intramolecular Hbond substituents is 2. The van der Waals surface area contributed by atoms with Gasteiger partial charge in [0, 0.05) is 65.4 Å². The van der Waals surface area contributed by atoms with Crippen LogP contribution in [0.3, 0.4) is 0 Å². The summed E-state index contributed by atoms with van der Waals surface area (Å²) < 4.78 is 42.1. The summed E-state index contributed by atoms with van der Waals surface area (Å²) in [4.78, 5) is 37.7. The average Bonchev–Trinajstić information content (AvgIpc) is 4.37. The van der Waals surface area contributed by atoms with Crippen molar-refractivity contribution in [3.63, 3.8) is 0 Å². The fraction of sp³-hybridized carbons (Fsp3) is 0.418. The zero-order valence-corrected chi connectivity index (χ0v) is 50.1. The van der Waals surface area contributed by atoms with E-state index in [1.165, 1.54) is 12.1 Å². The summed E-state index contributed by atoms with van der Waals surface area (Å²) in [7, 11) is 0. The van der Waals surface area contributed by atoms with Gasteiger partial charge in [0.05, 0.1) is 38.4 Å². The first kappa shape index (κ1) is 65.6. The second-order valence-corrected chi connectivity index (χ2v) is 21.6. The summed E-state index contributed by atoms with van der Waals surface area (Å²) in [5.41, 5.74) is 4.96. The molecule has 0 aromatic heterocycles. The summed E-state index contributed by atoms with van der Waals surface area (Å²) >= 11 is 0. The third kappa shape index (κ3) is 17.8. The van der Waals surface area contributed by atoms with Crippen LogP contribution < -0.4 is 57.7 Å². The van der Waals surface area contributed by atoms with Crippen molar-refractivity contribution < 1.29 is 86.8 Å². The van der Waals surface area contributed by atoms with E-state index in [0.29, 0.717) is 98.7 Å². The fourth-order valence-electron chi connectivity index (χ4n) is 10.3. The Morgan fingerprint density at radius 3 is 1.54 bits per heavy atom. The van der Waals surface area contributed by atoms with Crippen molar-refractivity contribution in [1.82, 2.24) is 10.2 Å². The number of nitrogens with zero attached hydrogens (tertiary/aromatic N) is 1. The van der Waals surface area contributed by atoms with Crippen molar-refractivity contribution in [2.45, 2.75) is 143 Å². The first-order valence-corrected chi connectivity index (χ1v) is 29.2. The van der Waals surface area contributed by atoms with E-state index in [1.807, 2.05) is 64.1 Å². The standard InChI is InChI=1S/C36H45NO8.C31H37NO6.Li/c1-6-13-25-30(17-10-18-31(25)44-32-16-9-8-14-26(32)34(39)40)42-20-12-21-43-33-23-29(38)27(22-24(33)7-2)28-15-11-19-37(28)35(41)45-36(3,4)5;1-3-10-22-27(14-7-15-28(22)38-29-13-6-5-11-23(29)31(34)35)36-17-9-18-37-30-20-26(33)24(19-21(30)4-2)25-12-8-16-32-25;/h8-10,14,16-18,22-23,28,38H,6-7,11-13,15,19-21H2,1-5H3,(H,39,40);5-7,11,13-15,19-20,25,32-33H,3-4,8-10,12,16-18H2,1-2H3,(H,34,35);/q;;+1/p-1. The molecule has 2 aliphatic rings. The molecular formula is C67H81LiN2O14. The van der Waals surface area contributed by atoms with E-state index < -0.39 is 17.5 Å².